The molecular formula is C20H17Br2N3O2. The number of nitrogens with one attached hydrogen (secondary N) is 2. The number of amides is 2. The molecule has 27 heavy (non-hydrogen) atoms. The van der Waals surface area contributed by atoms with E-state index in [9.17, 15) is 4.79 Å². The van der Waals surface area contributed by atoms with Gasteiger partial charge in [0.05, 0.1) is 5.69 Å². The zero-order chi connectivity index (χ0) is 19.1. The molecule has 2 aromatic carbocycles. The highest BCUT2D eigenvalue weighted by Gasteiger charge is 2.06. The number of rotatable bonds is 6. The molecule has 1 aromatic heterocycles. The number of hydrogen-bond donors (Lipinski definition) is 2. The SMILES string of the molecule is O=C(NCc1ccc(OCc2cccnc2)cc1)Nc1ccc(Br)cc1Br. The molecule has 2 amide bonds. The highest BCUT2D eigenvalue weighted by atomic mass is 79.9. The fourth-order valence-electron chi connectivity index (χ4n) is 2.29. The van der Waals surface area contributed by atoms with Gasteiger partial charge < -0.3 is 15.4 Å². The summed E-state index contributed by atoms with van der Waals surface area (Å²) in [5.41, 5.74) is 2.70. The first-order chi connectivity index (χ1) is 13.1. The van der Waals surface area contributed by atoms with Crippen LogP contribution in [-0.2, 0) is 13.2 Å². The summed E-state index contributed by atoms with van der Waals surface area (Å²) in [5, 5.41) is 5.64. The number of urea groups is 1. The lowest BCUT2D eigenvalue weighted by molar-refractivity contribution is 0.251. The third-order valence-electron chi connectivity index (χ3n) is 3.68. The Morgan fingerprint density at radius 3 is 2.56 bits per heavy atom. The number of hydrogen-bond acceptors (Lipinski definition) is 3. The van der Waals surface area contributed by atoms with Crippen LogP contribution in [0.2, 0.25) is 0 Å². The van der Waals surface area contributed by atoms with Gasteiger partial charge in [-0.05, 0) is 57.9 Å². The zero-order valence-corrected chi connectivity index (χ0v) is 17.5. The molecule has 0 fully saturated rings. The summed E-state index contributed by atoms with van der Waals surface area (Å²) in [7, 11) is 0. The van der Waals surface area contributed by atoms with Gasteiger partial charge in [-0.2, -0.15) is 0 Å². The van der Waals surface area contributed by atoms with Crippen LogP contribution < -0.4 is 15.4 Å². The topological polar surface area (TPSA) is 63.2 Å². The van der Waals surface area contributed by atoms with E-state index >= 15 is 0 Å². The lowest BCUT2D eigenvalue weighted by Crippen LogP contribution is -2.28. The Bertz CT molecular complexity index is 903. The van der Waals surface area contributed by atoms with Crippen LogP contribution in [0.5, 0.6) is 5.75 Å². The molecule has 0 aliphatic rings. The van der Waals surface area contributed by atoms with Crippen LogP contribution in [0.15, 0.2) is 75.9 Å². The van der Waals surface area contributed by atoms with Gasteiger partial charge in [0, 0.05) is 33.4 Å². The Kier molecular flexibility index (Phi) is 6.84. The van der Waals surface area contributed by atoms with Crippen molar-refractivity contribution in [2.75, 3.05) is 5.32 Å². The predicted octanol–water partition coefficient (Wildman–Crippen LogP) is 5.51. The van der Waals surface area contributed by atoms with E-state index < -0.39 is 0 Å². The van der Waals surface area contributed by atoms with Crippen molar-refractivity contribution in [1.29, 1.82) is 0 Å². The standard InChI is InChI=1S/C20H17Br2N3O2/c21-16-5-8-19(18(22)10-16)25-20(26)24-12-14-3-6-17(7-4-14)27-13-15-2-1-9-23-11-15/h1-11H,12-13H2,(H2,24,25,26). The van der Waals surface area contributed by atoms with Crippen LogP contribution in [-0.4, -0.2) is 11.0 Å². The molecule has 0 spiro atoms. The molecule has 1 heterocycles. The van der Waals surface area contributed by atoms with E-state index in [1.165, 1.54) is 0 Å². The summed E-state index contributed by atoms with van der Waals surface area (Å²) in [5.74, 6) is 0.769. The average molecular weight is 491 g/mol. The van der Waals surface area contributed by atoms with Gasteiger partial charge in [-0.25, -0.2) is 4.79 Å². The summed E-state index contributed by atoms with van der Waals surface area (Å²) in [6.07, 6.45) is 3.51. The number of benzene rings is 2. The maximum atomic E-state index is 12.1. The van der Waals surface area contributed by atoms with Gasteiger partial charge in [0.15, 0.2) is 0 Å². The fourth-order valence-corrected chi connectivity index (χ4v) is 3.44. The van der Waals surface area contributed by atoms with Gasteiger partial charge in [0.1, 0.15) is 12.4 Å². The van der Waals surface area contributed by atoms with Crippen LogP contribution in [0, 0.1) is 0 Å². The van der Waals surface area contributed by atoms with E-state index in [4.69, 9.17) is 4.74 Å². The van der Waals surface area contributed by atoms with Crippen LogP contribution >= 0.6 is 31.9 Å². The second-order valence-corrected chi connectivity index (χ2v) is 7.50. The van der Waals surface area contributed by atoms with Crippen molar-refractivity contribution in [1.82, 2.24) is 10.3 Å². The number of carbonyl (C=O) groups is 1. The zero-order valence-electron chi connectivity index (χ0n) is 14.3. The highest BCUT2D eigenvalue weighted by Crippen LogP contribution is 2.26. The van der Waals surface area contributed by atoms with E-state index in [1.807, 2.05) is 54.6 Å². The molecule has 0 atom stereocenters. The highest BCUT2D eigenvalue weighted by molar-refractivity contribution is 9.11. The molecule has 7 heteroatoms. The molecule has 0 saturated carbocycles. The van der Waals surface area contributed by atoms with Crippen LogP contribution in [0.1, 0.15) is 11.1 Å². The number of pyridine rings is 1. The molecule has 138 valence electrons. The van der Waals surface area contributed by atoms with Crippen molar-refractivity contribution in [2.45, 2.75) is 13.2 Å². The molecule has 0 unspecified atom stereocenters. The molecule has 0 aliphatic heterocycles. The lowest BCUT2D eigenvalue weighted by Gasteiger charge is -2.10. The molecule has 0 radical (unpaired) electrons. The van der Waals surface area contributed by atoms with Gasteiger partial charge in [-0.15, -0.1) is 0 Å². The van der Waals surface area contributed by atoms with Crippen molar-refractivity contribution < 1.29 is 9.53 Å². The first-order valence-corrected chi connectivity index (χ1v) is 9.79. The Morgan fingerprint density at radius 1 is 1.04 bits per heavy atom. The minimum atomic E-state index is -0.269. The summed E-state index contributed by atoms with van der Waals surface area (Å²) < 4.78 is 7.47. The van der Waals surface area contributed by atoms with Crippen molar-refractivity contribution in [3.8, 4) is 5.75 Å². The van der Waals surface area contributed by atoms with E-state index in [0.29, 0.717) is 18.8 Å². The van der Waals surface area contributed by atoms with E-state index in [2.05, 4.69) is 47.5 Å². The van der Waals surface area contributed by atoms with Crippen LogP contribution in [0.25, 0.3) is 0 Å². The van der Waals surface area contributed by atoms with Gasteiger partial charge in [-0.1, -0.05) is 34.1 Å². The summed E-state index contributed by atoms with van der Waals surface area (Å²) in [6, 6.07) is 16.8. The number of nitrogens with zero attached hydrogens (tertiary/aromatic N) is 1. The molecule has 0 bridgehead atoms. The second-order valence-electron chi connectivity index (χ2n) is 5.73. The Labute approximate surface area is 174 Å². The number of anilines is 1. The van der Waals surface area contributed by atoms with Crippen LogP contribution in [0.4, 0.5) is 10.5 Å². The fraction of sp³-hybridized carbons (Fsp3) is 0.100. The first kappa shape index (κ1) is 19.4. The Morgan fingerprint density at radius 2 is 1.85 bits per heavy atom. The van der Waals surface area contributed by atoms with Gasteiger partial charge >= 0.3 is 6.03 Å². The number of halogens is 2. The van der Waals surface area contributed by atoms with Gasteiger partial charge in [0.2, 0.25) is 0 Å². The van der Waals surface area contributed by atoms with E-state index in [0.717, 1.165) is 25.8 Å². The largest absolute Gasteiger partial charge is 0.489 e. The lowest BCUT2D eigenvalue weighted by atomic mass is 10.2. The van der Waals surface area contributed by atoms with E-state index in [1.54, 1.807) is 12.4 Å². The summed E-state index contributed by atoms with van der Waals surface area (Å²) in [4.78, 5) is 16.1. The molecular weight excluding hydrogens is 474 g/mol. The molecule has 0 aliphatic carbocycles. The first-order valence-electron chi connectivity index (χ1n) is 8.21. The molecule has 3 rings (SSSR count). The Balaban J connectivity index is 1.47. The van der Waals surface area contributed by atoms with Crippen molar-refractivity contribution in [2.24, 2.45) is 0 Å². The third kappa shape index (κ3) is 6.08. The molecule has 3 aromatic rings. The summed E-state index contributed by atoms with van der Waals surface area (Å²) >= 11 is 6.80. The average Bonchev–Trinajstić information content (AvgIpc) is 2.68. The van der Waals surface area contributed by atoms with Crippen molar-refractivity contribution in [3.63, 3.8) is 0 Å². The second kappa shape index (κ2) is 9.53. The monoisotopic (exact) mass is 489 g/mol. The summed E-state index contributed by atoms with van der Waals surface area (Å²) in [6.45, 7) is 0.888. The predicted molar refractivity (Wildman–Crippen MR) is 113 cm³/mol. The molecule has 2 N–H and O–H groups in total. The Hall–Kier alpha value is -2.38. The maximum Gasteiger partial charge on any atom is 0.319 e. The number of carbonyl (C=O) groups excluding carboxylic acids is 1. The molecule has 5 nitrogen and oxygen atoms in total. The maximum absolute atomic E-state index is 12.1. The number of ether oxygens (including phenoxy) is 1. The smallest absolute Gasteiger partial charge is 0.319 e. The van der Waals surface area contributed by atoms with Crippen molar-refractivity contribution in [3.05, 3.63) is 87.1 Å². The quantitative estimate of drug-likeness (QED) is 0.479. The van der Waals surface area contributed by atoms with Gasteiger partial charge in [0.25, 0.3) is 0 Å². The number of aromatic nitrogens is 1. The van der Waals surface area contributed by atoms with Crippen molar-refractivity contribution >= 4 is 43.6 Å². The molecule has 0 saturated heterocycles. The van der Waals surface area contributed by atoms with Crippen LogP contribution in [0.3, 0.4) is 0 Å². The van der Waals surface area contributed by atoms with Gasteiger partial charge in [-0.3, -0.25) is 4.98 Å². The van der Waals surface area contributed by atoms with E-state index in [-0.39, 0.29) is 6.03 Å². The minimum Gasteiger partial charge on any atom is -0.489 e. The third-order valence-corrected chi connectivity index (χ3v) is 4.83. The minimum absolute atomic E-state index is 0.269. The normalized spacial score (nSPS) is 10.3.